The lowest BCUT2D eigenvalue weighted by atomic mass is 10.0. The SMILES string of the molecule is COC(=O)C/C(=C\CCCCCCCCc1ccc(Cl)cc1Cl)C(=O)OC. The first-order valence-electron chi connectivity index (χ1n) is 9.26. The van der Waals surface area contributed by atoms with Crippen LogP contribution in [0.5, 0.6) is 0 Å². The minimum absolute atomic E-state index is 0.0452. The van der Waals surface area contributed by atoms with Gasteiger partial charge in [0.05, 0.1) is 20.6 Å². The highest BCUT2D eigenvalue weighted by Crippen LogP contribution is 2.23. The Morgan fingerprint density at radius 3 is 2.26 bits per heavy atom. The number of benzene rings is 1. The van der Waals surface area contributed by atoms with Gasteiger partial charge in [-0.05, 0) is 43.4 Å². The number of ether oxygens (including phenoxy) is 2. The Morgan fingerprint density at radius 2 is 1.63 bits per heavy atom. The number of carbonyl (C=O) groups excluding carboxylic acids is 2. The van der Waals surface area contributed by atoms with Crippen LogP contribution >= 0.6 is 23.2 Å². The molecule has 0 saturated heterocycles. The van der Waals surface area contributed by atoms with E-state index in [0.717, 1.165) is 55.5 Å². The van der Waals surface area contributed by atoms with Crippen molar-refractivity contribution in [3.8, 4) is 0 Å². The fourth-order valence-corrected chi connectivity index (χ4v) is 3.26. The number of hydrogen-bond acceptors (Lipinski definition) is 4. The van der Waals surface area contributed by atoms with Crippen molar-refractivity contribution in [3.05, 3.63) is 45.5 Å². The molecular weight excluding hydrogens is 387 g/mol. The van der Waals surface area contributed by atoms with Gasteiger partial charge in [-0.1, -0.05) is 61.0 Å². The molecule has 1 rings (SSSR count). The second kappa shape index (κ2) is 13.6. The van der Waals surface area contributed by atoms with E-state index in [1.165, 1.54) is 20.6 Å². The van der Waals surface area contributed by atoms with E-state index in [1.807, 2.05) is 12.1 Å². The highest BCUT2D eigenvalue weighted by atomic mass is 35.5. The molecule has 0 N–H and O–H groups in total. The van der Waals surface area contributed by atoms with Gasteiger partial charge in [0.2, 0.25) is 0 Å². The molecule has 0 bridgehead atoms. The molecule has 0 aliphatic carbocycles. The van der Waals surface area contributed by atoms with Crippen molar-refractivity contribution >= 4 is 35.1 Å². The second-order valence-corrected chi connectivity index (χ2v) is 7.21. The van der Waals surface area contributed by atoms with E-state index in [2.05, 4.69) is 4.74 Å². The maximum atomic E-state index is 11.6. The van der Waals surface area contributed by atoms with Crippen LogP contribution in [-0.4, -0.2) is 26.2 Å². The third-order valence-corrected chi connectivity index (χ3v) is 4.90. The summed E-state index contributed by atoms with van der Waals surface area (Å²) in [6, 6.07) is 5.65. The summed E-state index contributed by atoms with van der Waals surface area (Å²) >= 11 is 12.1. The molecule has 0 unspecified atom stereocenters. The number of methoxy groups -OCH3 is 2. The first-order chi connectivity index (χ1) is 13.0. The average molecular weight is 415 g/mol. The van der Waals surface area contributed by atoms with Gasteiger partial charge >= 0.3 is 11.9 Å². The van der Waals surface area contributed by atoms with Crippen molar-refractivity contribution in [2.45, 2.75) is 57.8 Å². The van der Waals surface area contributed by atoms with Gasteiger partial charge in [-0.15, -0.1) is 0 Å². The van der Waals surface area contributed by atoms with Gasteiger partial charge in [-0.3, -0.25) is 4.79 Å². The van der Waals surface area contributed by atoms with Gasteiger partial charge < -0.3 is 9.47 Å². The van der Waals surface area contributed by atoms with E-state index in [1.54, 1.807) is 12.1 Å². The maximum absolute atomic E-state index is 11.6. The number of aryl methyl sites for hydroxylation is 1. The third-order valence-electron chi connectivity index (χ3n) is 4.32. The Balaban J connectivity index is 2.18. The predicted molar refractivity (Wildman–Crippen MR) is 109 cm³/mol. The molecule has 6 heteroatoms. The Labute approximate surface area is 171 Å². The van der Waals surface area contributed by atoms with E-state index < -0.39 is 11.9 Å². The van der Waals surface area contributed by atoms with Crippen LogP contribution in [0.4, 0.5) is 0 Å². The van der Waals surface area contributed by atoms with Crippen molar-refractivity contribution in [2.75, 3.05) is 14.2 Å². The van der Waals surface area contributed by atoms with Crippen LogP contribution in [0, 0.1) is 0 Å². The largest absolute Gasteiger partial charge is 0.469 e. The summed E-state index contributed by atoms with van der Waals surface area (Å²) in [5, 5.41) is 1.40. The zero-order valence-corrected chi connectivity index (χ0v) is 17.6. The van der Waals surface area contributed by atoms with Gasteiger partial charge in [0.1, 0.15) is 0 Å². The Bertz CT molecular complexity index is 641. The summed E-state index contributed by atoms with van der Waals surface area (Å²) in [5.41, 5.74) is 1.51. The van der Waals surface area contributed by atoms with Gasteiger partial charge in [0.25, 0.3) is 0 Å². The Hall–Kier alpha value is -1.52. The number of allylic oxidation sites excluding steroid dienone is 1. The lowest BCUT2D eigenvalue weighted by molar-refractivity contribution is -0.143. The monoisotopic (exact) mass is 414 g/mol. The molecule has 27 heavy (non-hydrogen) atoms. The third kappa shape index (κ3) is 9.83. The molecular formula is C21H28Cl2O4. The first-order valence-corrected chi connectivity index (χ1v) is 10.0. The molecule has 0 amide bonds. The number of halogens is 2. The molecule has 0 heterocycles. The quantitative estimate of drug-likeness (QED) is 0.241. The number of rotatable bonds is 12. The van der Waals surface area contributed by atoms with E-state index in [0.29, 0.717) is 10.6 Å². The van der Waals surface area contributed by atoms with Crippen LogP contribution in [0.1, 0.15) is 56.9 Å². The van der Waals surface area contributed by atoms with Gasteiger partial charge in [-0.2, -0.15) is 0 Å². The summed E-state index contributed by atoms with van der Waals surface area (Å²) in [5.74, 6) is -0.909. The lowest BCUT2D eigenvalue weighted by Crippen LogP contribution is -2.11. The Kier molecular flexibility index (Phi) is 11.9. The highest BCUT2D eigenvalue weighted by molar-refractivity contribution is 6.35. The topological polar surface area (TPSA) is 52.6 Å². The van der Waals surface area contributed by atoms with E-state index in [-0.39, 0.29) is 6.42 Å². The zero-order chi connectivity index (χ0) is 20.1. The molecule has 0 aromatic heterocycles. The van der Waals surface area contributed by atoms with E-state index in [4.69, 9.17) is 27.9 Å². The summed E-state index contributed by atoms with van der Waals surface area (Å²) in [7, 11) is 2.61. The van der Waals surface area contributed by atoms with Crippen LogP contribution in [-0.2, 0) is 25.5 Å². The number of unbranched alkanes of at least 4 members (excludes halogenated alkanes) is 6. The van der Waals surface area contributed by atoms with Crippen molar-refractivity contribution in [3.63, 3.8) is 0 Å². The van der Waals surface area contributed by atoms with Gasteiger partial charge in [0, 0.05) is 15.6 Å². The summed E-state index contributed by atoms with van der Waals surface area (Å²) in [6.45, 7) is 0. The summed E-state index contributed by atoms with van der Waals surface area (Å²) in [4.78, 5) is 23.0. The standard InChI is InChI=1S/C21H28Cl2O4/c1-26-20(24)14-17(21(25)27-2)11-9-7-5-3-4-6-8-10-16-12-13-18(22)15-19(16)23/h11-13,15H,3-10,14H2,1-2H3/b17-11+. The highest BCUT2D eigenvalue weighted by Gasteiger charge is 2.14. The van der Waals surface area contributed by atoms with Crippen molar-refractivity contribution in [1.82, 2.24) is 0 Å². The van der Waals surface area contributed by atoms with E-state index >= 15 is 0 Å². The minimum atomic E-state index is -0.471. The van der Waals surface area contributed by atoms with Gasteiger partial charge in [-0.25, -0.2) is 4.79 Å². The molecule has 150 valence electrons. The molecule has 0 spiro atoms. The number of hydrogen-bond donors (Lipinski definition) is 0. The lowest BCUT2D eigenvalue weighted by Gasteiger charge is -2.06. The number of carbonyl (C=O) groups is 2. The normalized spacial score (nSPS) is 11.3. The molecule has 1 aromatic carbocycles. The van der Waals surface area contributed by atoms with E-state index in [9.17, 15) is 9.59 Å². The van der Waals surface area contributed by atoms with Crippen molar-refractivity contribution in [1.29, 1.82) is 0 Å². The van der Waals surface area contributed by atoms with Crippen LogP contribution in [0.25, 0.3) is 0 Å². The first kappa shape index (κ1) is 23.5. The molecule has 0 radical (unpaired) electrons. The summed E-state index contributed by atoms with van der Waals surface area (Å²) in [6.07, 6.45) is 10.1. The van der Waals surface area contributed by atoms with Crippen molar-refractivity contribution < 1.29 is 19.1 Å². The van der Waals surface area contributed by atoms with Crippen LogP contribution in [0.3, 0.4) is 0 Å². The predicted octanol–water partition coefficient (Wildman–Crippen LogP) is 5.93. The fraction of sp³-hybridized carbons (Fsp3) is 0.524. The molecule has 0 aliphatic heterocycles. The zero-order valence-electron chi connectivity index (χ0n) is 16.1. The average Bonchev–Trinajstić information content (AvgIpc) is 2.66. The maximum Gasteiger partial charge on any atom is 0.333 e. The molecule has 1 aromatic rings. The van der Waals surface area contributed by atoms with Crippen LogP contribution < -0.4 is 0 Å². The molecule has 4 nitrogen and oxygen atoms in total. The van der Waals surface area contributed by atoms with Crippen molar-refractivity contribution in [2.24, 2.45) is 0 Å². The second-order valence-electron chi connectivity index (χ2n) is 6.37. The number of esters is 2. The fourth-order valence-electron chi connectivity index (χ4n) is 2.75. The summed E-state index contributed by atoms with van der Waals surface area (Å²) < 4.78 is 9.30. The van der Waals surface area contributed by atoms with Gasteiger partial charge in [0.15, 0.2) is 0 Å². The molecule has 0 saturated carbocycles. The molecule has 0 fully saturated rings. The Morgan fingerprint density at radius 1 is 0.963 bits per heavy atom. The minimum Gasteiger partial charge on any atom is -0.469 e. The smallest absolute Gasteiger partial charge is 0.333 e. The van der Waals surface area contributed by atoms with Crippen LogP contribution in [0.2, 0.25) is 10.0 Å². The molecule has 0 atom stereocenters. The molecule has 0 aliphatic rings. The van der Waals surface area contributed by atoms with Crippen LogP contribution in [0.15, 0.2) is 29.8 Å².